The highest BCUT2D eigenvalue weighted by Crippen LogP contribution is 2.32. The average Bonchev–Trinajstić information content (AvgIpc) is 3.10. The first-order chi connectivity index (χ1) is 12.3. The lowest BCUT2D eigenvalue weighted by Gasteiger charge is -2.22. The van der Waals surface area contributed by atoms with Crippen molar-refractivity contribution in [1.82, 2.24) is 4.98 Å². The third-order valence-electron chi connectivity index (χ3n) is 5.02. The maximum atomic E-state index is 4.55. The van der Waals surface area contributed by atoms with Gasteiger partial charge >= 0.3 is 0 Å². The monoisotopic (exact) mass is 349 g/mol. The summed E-state index contributed by atoms with van der Waals surface area (Å²) < 4.78 is 1.18. The first-order valence-corrected chi connectivity index (χ1v) is 9.87. The fourth-order valence-corrected chi connectivity index (χ4v) is 4.36. The highest BCUT2D eigenvalue weighted by Gasteiger charge is 2.15. The van der Waals surface area contributed by atoms with Gasteiger partial charge in [0.15, 0.2) is 0 Å². The summed E-state index contributed by atoms with van der Waals surface area (Å²) >= 11 is 1.63. The Balaban J connectivity index is 1.45. The summed E-state index contributed by atoms with van der Waals surface area (Å²) in [6, 6.07) is 17.1. The fourth-order valence-electron chi connectivity index (χ4n) is 3.55. The third kappa shape index (κ3) is 3.74. The number of fused-ring (bicyclic) bond motifs is 1. The van der Waals surface area contributed by atoms with Gasteiger partial charge in [-0.05, 0) is 48.9 Å². The quantitative estimate of drug-likeness (QED) is 0.451. The van der Waals surface area contributed by atoms with Crippen LogP contribution in [0.5, 0.6) is 0 Å². The molecule has 3 aromatic rings. The van der Waals surface area contributed by atoms with E-state index in [-0.39, 0.29) is 0 Å². The predicted molar refractivity (Wildman–Crippen MR) is 108 cm³/mol. The molecule has 0 saturated heterocycles. The van der Waals surface area contributed by atoms with E-state index in [0.717, 1.165) is 27.8 Å². The molecule has 0 bridgehead atoms. The number of hydrazone groups is 1. The van der Waals surface area contributed by atoms with E-state index in [1.165, 1.54) is 42.4 Å². The molecule has 2 aromatic carbocycles. The van der Waals surface area contributed by atoms with E-state index in [4.69, 9.17) is 0 Å². The maximum absolute atomic E-state index is 4.55. The van der Waals surface area contributed by atoms with Crippen molar-refractivity contribution in [2.24, 2.45) is 5.10 Å². The molecule has 1 aliphatic carbocycles. The van der Waals surface area contributed by atoms with Crippen LogP contribution in [0.4, 0.5) is 5.13 Å². The Morgan fingerprint density at radius 3 is 2.56 bits per heavy atom. The second kappa shape index (κ2) is 7.36. The van der Waals surface area contributed by atoms with Crippen LogP contribution in [0.15, 0.2) is 53.6 Å². The van der Waals surface area contributed by atoms with E-state index in [9.17, 15) is 0 Å². The molecule has 0 aliphatic heterocycles. The van der Waals surface area contributed by atoms with E-state index < -0.39 is 0 Å². The molecule has 4 heteroatoms. The number of para-hydroxylation sites is 1. The number of aromatic nitrogens is 1. The second-order valence-corrected chi connectivity index (χ2v) is 7.78. The standard InChI is InChI=1S/C21H23N3S/c1-15(23-24-21-22-19-9-5-6-10-20(19)25-21)16-11-13-18(14-12-16)17-7-3-2-4-8-17/h5-6,9-14,17H,2-4,7-8H2,1H3,(H,22,24)/b23-15-. The van der Waals surface area contributed by atoms with Crippen LogP contribution in [-0.2, 0) is 0 Å². The van der Waals surface area contributed by atoms with Crippen LogP contribution in [0, 0.1) is 0 Å². The number of rotatable bonds is 4. The van der Waals surface area contributed by atoms with Gasteiger partial charge in [0.05, 0.1) is 15.9 Å². The van der Waals surface area contributed by atoms with Crippen LogP contribution in [-0.4, -0.2) is 10.7 Å². The van der Waals surface area contributed by atoms with Crippen molar-refractivity contribution in [3.63, 3.8) is 0 Å². The molecule has 0 spiro atoms. The SMILES string of the molecule is C/C(=N/Nc1nc2ccccc2s1)c1ccc(C2CCCCC2)cc1. The number of nitrogens with zero attached hydrogens (tertiary/aromatic N) is 2. The predicted octanol–water partition coefficient (Wildman–Crippen LogP) is 6.18. The van der Waals surface area contributed by atoms with Crippen molar-refractivity contribution in [1.29, 1.82) is 0 Å². The zero-order chi connectivity index (χ0) is 17.1. The maximum Gasteiger partial charge on any atom is 0.204 e. The van der Waals surface area contributed by atoms with Gasteiger partial charge in [-0.3, -0.25) is 5.43 Å². The Morgan fingerprint density at radius 2 is 1.80 bits per heavy atom. The molecule has 1 heterocycles. The van der Waals surface area contributed by atoms with Crippen molar-refractivity contribution in [2.45, 2.75) is 44.9 Å². The number of anilines is 1. The summed E-state index contributed by atoms with van der Waals surface area (Å²) in [5.74, 6) is 0.751. The molecular formula is C21H23N3S. The van der Waals surface area contributed by atoms with Gasteiger partial charge in [0.2, 0.25) is 5.13 Å². The van der Waals surface area contributed by atoms with Crippen molar-refractivity contribution >= 4 is 32.4 Å². The number of nitrogens with one attached hydrogen (secondary N) is 1. The molecule has 128 valence electrons. The molecule has 3 nitrogen and oxygen atoms in total. The second-order valence-electron chi connectivity index (χ2n) is 6.75. The molecule has 1 saturated carbocycles. The first kappa shape index (κ1) is 16.3. The van der Waals surface area contributed by atoms with Crippen LogP contribution in [0.3, 0.4) is 0 Å². The summed E-state index contributed by atoms with van der Waals surface area (Å²) in [7, 11) is 0. The lowest BCUT2D eigenvalue weighted by atomic mass is 9.84. The van der Waals surface area contributed by atoms with Crippen molar-refractivity contribution in [2.75, 3.05) is 5.43 Å². The fraction of sp³-hybridized carbons (Fsp3) is 0.333. The number of thiazole rings is 1. The Morgan fingerprint density at radius 1 is 1.04 bits per heavy atom. The van der Waals surface area contributed by atoms with Crippen molar-refractivity contribution in [3.05, 3.63) is 59.7 Å². The third-order valence-corrected chi connectivity index (χ3v) is 5.96. The minimum absolute atomic E-state index is 0.751. The van der Waals surface area contributed by atoms with Gasteiger partial charge in [0, 0.05) is 0 Å². The average molecular weight is 350 g/mol. The number of hydrogen-bond acceptors (Lipinski definition) is 4. The minimum atomic E-state index is 0.751. The van der Waals surface area contributed by atoms with E-state index in [1.807, 2.05) is 25.1 Å². The molecule has 1 fully saturated rings. The van der Waals surface area contributed by atoms with Gasteiger partial charge in [0.25, 0.3) is 0 Å². The molecular weight excluding hydrogens is 326 g/mol. The molecule has 1 aromatic heterocycles. The Hall–Kier alpha value is -2.20. The summed E-state index contributed by atoms with van der Waals surface area (Å²) in [5.41, 5.74) is 7.74. The first-order valence-electron chi connectivity index (χ1n) is 9.06. The van der Waals surface area contributed by atoms with Gasteiger partial charge < -0.3 is 0 Å². The summed E-state index contributed by atoms with van der Waals surface area (Å²) in [6.45, 7) is 2.04. The zero-order valence-corrected chi connectivity index (χ0v) is 15.4. The molecule has 4 rings (SSSR count). The highest BCUT2D eigenvalue weighted by molar-refractivity contribution is 7.22. The number of hydrogen-bond donors (Lipinski definition) is 1. The Bertz CT molecular complexity index is 841. The van der Waals surface area contributed by atoms with E-state index >= 15 is 0 Å². The van der Waals surface area contributed by atoms with Crippen molar-refractivity contribution in [3.8, 4) is 0 Å². The van der Waals surface area contributed by atoms with Gasteiger partial charge in [-0.25, -0.2) is 4.98 Å². The lowest BCUT2D eigenvalue weighted by molar-refractivity contribution is 0.443. The molecule has 1 N–H and O–H groups in total. The summed E-state index contributed by atoms with van der Waals surface area (Å²) in [5, 5.41) is 5.35. The molecule has 0 radical (unpaired) electrons. The molecule has 1 aliphatic rings. The summed E-state index contributed by atoms with van der Waals surface area (Å²) in [6.07, 6.45) is 6.83. The lowest BCUT2D eigenvalue weighted by Crippen LogP contribution is -2.05. The molecule has 0 amide bonds. The molecule has 0 unspecified atom stereocenters. The number of benzene rings is 2. The smallest absolute Gasteiger partial charge is 0.204 e. The molecule has 0 atom stereocenters. The van der Waals surface area contributed by atoms with E-state index in [1.54, 1.807) is 11.3 Å². The van der Waals surface area contributed by atoms with Crippen LogP contribution in [0.2, 0.25) is 0 Å². The van der Waals surface area contributed by atoms with Crippen molar-refractivity contribution < 1.29 is 0 Å². The van der Waals surface area contributed by atoms with Crippen LogP contribution < -0.4 is 5.43 Å². The normalized spacial score (nSPS) is 16.3. The van der Waals surface area contributed by atoms with Crippen LogP contribution in [0.1, 0.15) is 56.1 Å². The Kier molecular flexibility index (Phi) is 4.79. The van der Waals surface area contributed by atoms with Crippen LogP contribution in [0.25, 0.3) is 10.2 Å². The largest absolute Gasteiger partial charge is 0.252 e. The zero-order valence-electron chi connectivity index (χ0n) is 14.5. The highest BCUT2D eigenvalue weighted by atomic mass is 32.1. The summed E-state index contributed by atoms with van der Waals surface area (Å²) in [4.78, 5) is 4.55. The Labute approximate surface area is 152 Å². The minimum Gasteiger partial charge on any atom is -0.252 e. The van der Waals surface area contributed by atoms with Crippen LogP contribution >= 0.6 is 11.3 Å². The van der Waals surface area contributed by atoms with E-state index in [0.29, 0.717) is 0 Å². The topological polar surface area (TPSA) is 37.3 Å². The van der Waals surface area contributed by atoms with Gasteiger partial charge in [-0.1, -0.05) is 67.0 Å². The van der Waals surface area contributed by atoms with Gasteiger partial charge in [-0.15, -0.1) is 0 Å². The van der Waals surface area contributed by atoms with Gasteiger partial charge in [0.1, 0.15) is 0 Å². The van der Waals surface area contributed by atoms with E-state index in [2.05, 4.69) is 45.8 Å². The molecule has 25 heavy (non-hydrogen) atoms. The van der Waals surface area contributed by atoms with Gasteiger partial charge in [-0.2, -0.15) is 5.10 Å².